The van der Waals surface area contributed by atoms with Gasteiger partial charge in [0.25, 0.3) is 6.47 Å². The molecule has 1 fully saturated rings. The number of rotatable bonds is 6. The van der Waals surface area contributed by atoms with Gasteiger partial charge in [0, 0.05) is 18.0 Å². The van der Waals surface area contributed by atoms with Gasteiger partial charge in [-0.1, -0.05) is 0 Å². The average Bonchev–Trinajstić information content (AvgIpc) is 3.38. The molecule has 0 spiro atoms. The number of carboxylic acid groups (broad SMARTS) is 1. The summed E-state index contributed by atoms with van der Waals surface area (Å²) in [5, 5.41) is 8.04. The predicted octanol–water partition coefficient (Wildman–Crippen LogP) is 2.88. The molecule has 2 aromatic rings. The van der Waals surface area contributed by atoms with Gasteiger partial charge in [0.05, 0.1) is 19.2 Å². The van der Waals surface area contributed by atoms with Crippen molar-refractivity contribution in [2.24, 2.45) is 0 Å². The first-order valence-corrected chi connectivity index (χ1v) is 9.90. The molecule has 2 heterocycles. The quantitative estimate of drug-likeness (QED) is 0.581. The number of carbonyl (C=O) groups is 1. The number of fused-ring (bicyclic) bond motifs is 3. The summed E-state index contributed by atoms with van der Waals surface area (Å²) < 4.78 is 11.6. The summed E-state index contributed by atoms with van der Waals surface area (Å²) in [5.74, 6) is 2.22. The van der Waals surface area contributed by atoms with Gasteiger partial charge in [-0.25, -0.2) is 4.98 Å². The Balaban J connectivity index is 0.000000706. The Hall–Kier alpha value is -2.54. The van der Waals surface area contributed by atoms with Crippen molar-refractivity contribution < 1.29 is 19.4 Å². The molecular weight excluding hydrogens is 358 g/mol. The van der Waals surface area contributed by atoms with Crippen LogP contribution in [0.5, 0.6) is 11.5 Å². The van der Waals surface area contributed by atoms with Crippen molar-refractivity contribution >= 4 is 23.2 Å². The van der Waals surface area contributed by atoms with Gasteiger partial charge in [-0.05, 0) is 68.8 Å². The molecule has 7 nitrogen and oxygen atoms in total. The number of nitrogen functional groups attached to an aromatic ring is 1. The van der Waals surface area contributed by atoms with E-state index in [9.17, 15) is 0 Å². The van der Waals surface area contributed by atoms with Crippen molar-refractivity contribution in [1.29, 1.82) is 0 Å². The number of benzene rings is 1. The third kappa shape index (κ3) is 4.47. The third-order valence-corrected chi connectivity index (χ3v) is 5.45. The molecule has 0 saturated carbocycles. The van der Waals surface area contributed by atoms with Crippen LogP contribution < -0.4 is 15.2 Å². The van der Waals surface area contributed by atoms with Gasteiger partial charge in [-0.2, -0.15) is 0 Å². The molecule has 152 valence electrons. The zero-order chi connectivity index (χ0) is 19.9. The van der Waals surface area contributed by atoms with E-state index in [-0.39, 0.29) is 6.47 Å². The predicted molar refractivity (Wildman–Crippen MR) is 109 cm³/mol. The van der Waals surface area contributed by atoms with Gasteiger partial charge in [0.2, 0.25) is 0 Å². The normalized spacial score (nSPS) is 15.8. The summed E-state index contributed by atoms with van der Waals surface area (Å²) in [7, 11) is 1.70. The summed E-state index contributed by atoms with van der Waals surface area (Å²) in [6.45, 7) is 4.01. The van der Waals surface area contributed by atoms with Crippen LogP contribution in [0.3, 0.4) is 0 Å². The highest BCUT2D eigenvalue weighted by atomic mass is 16.5. The van der Waals surface area contributed by atoms with E-state index in [2.05, 4.69) is 16.0 Å². The summed E-state index contributed by atoms with van der Waals surface area (Å²) >= 11 is 0. The number of aromatic nitrogens is 1. The number of hydrogen-bond acceptors (Lipinski definition) is 6. The zero-order valence-electron chi connectivity index (χ0n) is 16.4. The highest BCUT2D eigenvalue weighted by Gasteiger charge is 2.20. The van der Waals surface area contributed by atoms with Crippen molar-refractivity contribution in [3.05, 3.63) is 23.3 Å². The molecule has 4 rings (SSSR count). The van der Waals surface area contributed by atoms with Gasteiger partial charge in [-0.15, -0.1) is 0 Å². The first-order valence-electron chi connectivity index (χ1n) is 9.90. The number of nitrogens with zero attached hydrogens (tertiary/aromatic N) is 2. The Bertz CT molecular complexity index is 819. The summed E-state index contributed by atoms with van der Waals surface area (Å²) in [6, 6.07) is 4.06. The van der Waals surface area contributed by atoms with E-state index in [4.69, 9.17) is 25.1 Å². The molecule has 0 unspecified atom stereocenters. The lowest BCUT2D eigenvalue weighted by Gasteiger charge is -2.16. The monoisotopic (exact) mass is 387 g/mol. The lowest BCUT2D eigenvalue weighted by atomic mass is 10.0. The first kappa shape index (κ1) is 20.2. The van der Waals surface area contributed by atoms with Crippen molar-refractivity contribution in [3.63, 3.8) is 0 Å². The maximum absolute atomic E-state index is 8.36. The standard InChI is InChI=1S/C20H27N3O2.CH2O2/c1-24-18-12-16-14-6-4-7-15(14)20(21)22-17(16)13-19(18)25-11-5-10-23-8-2-3-9-23;2-1-3/h12-13H,2-11H2,1H3,(H2,21,22);1H,(H,2,3). The molecule has 1 aliphatic heterocycles. The molecule has 0 atom stereocenters. The topological polar surface area (TPSA) is 97.9 Å². The number of anilines is 1. The van der Waals surface area contributed by atoms with E-state index >= 15 is 0 Å². The Morgan fingerprint density at radius 1 is 1.18 bits per heavy atom. The van der Waals surface area contributed by atoms with Crippen molar-refractivity contribution in [3.8, 4) is 11.5 Å². The van der Waals surface area contributed by atoms with Crippen LogP contribution in [0.25, 0.3) is 10.9 Å². The van der Waals surface area contributed by atoms with E-state index in [0.717, 1.165) is 54.6 Å². The average molecular weight is 387 g/mol. The van der Waals surface area contributed by atoms with Gasteiger partial charge in [0.1, 0.15) is 5.82 Å². The fraction of sp³-hybridized carbons (Fsp3) is 0.524. The van der Waals surface area contributed by atoms with E-state index < -0.39 is 0 Å². The van der Waals surface area contributed by atoms with E-state index in [1.165, 1.54) is 37.1 Å². The number of aryl methyl sites for hydroxylation is 1. The number of ether oxygens (including phenoxy) is 2. The Morgan fingerprint density at radius 3 is 2.61 bits per heavy atom. The van der Waals surface area contributed by atoms with Crippen LogP contribution in [0, 0.1) is 0 Å². The van der Waals surface area contributed by atoms with Gasteiger partial charge in [0.15, 0.2) is 11.5 Å². The van der Waals surface area contributed by atoms with Gasteiger partial charge in [-0.3, -0.25) is 4.79 Å². The number of methoxy groups -OCH3 is 1. The Kier molecular flexibility index (Phi) is 6.92. The summed E-state index contributed by atoms with van der Waals surface area (Å²) in [5.41, 5.74) is 9.62. The van der Waals surface area contributed by atoms with Crippen LogP contribution in [0.15, 0.2) is 12.1 Å². The third-order valence-electron chi connectivity index (χ3n) is 5.45. The van der Waals surface area contributed by atoms with Crippen LogP contribution in [0.1, 0.15) is 36.8 Å². The molecule has 2 aliphatic rings. The van der Waals surface area contributed by atoms with Gasteiger partial charge < -0.3 is 25.2 Å². The van der Waals surface area contributed by atoms with Crippen LogP contribution in [0.2, 0.25) is 0 Å². The Morgan fingerprint density at radius 2 is 1.89 bits per heavy atom. The lowest BCUT2D eigenvalue weighted by molar-refractivity contribution is -0.122. The van der Waals surface area contributed by atoms with Crippen LogP contribution in [-0.2, 0) is 17.6 Å². The summed E-state index contributed by atoms with van der Waals surface area (Å²) in [6.07, 6.45) is 6.94. The fourth-order valence-electron chi connectivity index (χ4n) is 4.15. The number of hydrogen-bond donors (Lipinski definition) is 2. The lowest BCUT2D eigenvalue weighted by Crippen LogP contribution is -2.21. The molecule has 1 aliphatic carbocycles. The largest absolute Gasteiger partial charge is 0.493 e. The minimum absolute atomic E-state index is 0.250. The van der Waals surface area contributed by atoms with E-state index in [0.29, 0.717) is 12.4 Å². The Labute approximate surface area is 165 Å². The van der Waals surface area contributed by atoms with Crippen LogP contribution >= 0.6 is 0 Å². The SMILES string of the molecule is COc1cc2c3c(c(N)nc2cc1OCCCN1CCCC1)CCC3.O=CO. The maximum Gasteiger partial charge on any atom is 0.290 e. The molecule has 7 heteroatoms. The van der Waals surface area contributed by atoms with E-state index in [1.54, 1.807) is 7.11 Å². The molecule has 0 radical (unpaired) electrons. The summed E-state index contributed by atoms with van der Waals surface area (Å²) in [4.78, 5) is 15.5. The second kappa shape index (κ2) is 9.59. The molecule has 28 heavy (non-hydrogen) atoms. The second-order valence-electron chi connectivity index (χ2n) is 7.18. The zero-order valence-corrected chi connectivity index (χ0v) is 16.4. The van der Waals surface area contributed by atoms with Crippen molar-refractivity contribution in [2.45, 2.75) is 38.5 Å². The first-order chi connectivity index (χ1) is 13.7. The minimum Gasteiger partial charge on any atom is -0.493 e. The van der Waals surface area contributed by atoms with Crippen molar-refractivity contribution in [2.75, 3.05) is 39.1 Å². The highest BCUT2D eigenvalue weighted by Crippen LogP contribution is 2.38. The minimum atomic E-state index is -0.250. The fourth-order valence-corrected chi connectivity index (χ4v) is 4.15. The molecule has 3 N–H and O–H groups in total. The van der Waals surface area contributed by atoms with Crippen LogP contribution in [-0.4, -0.2) is 54.8 Å². The number of pyridine rings is 1. The van der Waals surface area contributed by atoms with Crippen LogP contribution in [0.4, 0.5) is 5.82 Å². The molecule has 0 amide bonds. The molecule has 1 saturated heterocycles. The number of nitrogens with two attached hydrogens (primary N) is 1. The number of likely N-dealkylation sites (tertiary alicyclic amines) is 1. The highest BCUT2D eigenvalue weighted by molar-refractivity contribution is 5.89. The van der Waals surface area contributed by atoms with Crippen molar-refractivity contribution in [1.82, 2.24) is 9.88 Å². The van der Waals surface area contributed by atoms with Gasteiger partial charge >= 0.3 is 0 Å². The maximum atomic E-state index is 8.36. The smallest absolute Gasteiger partial charge is 0.290 e. The molecule has 1 aromatic heterocycles. The molecular formula is C21H29N3O4. The van der Waals surface area contributed by atoms with E-state index in [1.807, 2.05) is 6.07 Å². The second-order valence-corrected chi connectivity index (χ2v) is 7.18. The molecule has 0 bridgehead atoms. The molecule has 1 aromatic carbocycles.